The molecule has 3 aromatic rings. The summed E-state index contributed by atoms with van der Waals surface area (Å²) in [5.74, 6) is 0.316. The lowest BCUT2D eigenvalue weighted by Gasteiger charge is -2.11. The number of benzene rings is 2. The zero-order valence-corrected chi connectivity index (χ0v) is 11.2. The van der Waals surface area contributed by atoms with Crippen LogP contribution in [0.1, 0.15) is 0 Å². The summed E-state index contributed by atoms with van der Waals surface area (Å²) in [5.41, 5.74) is 0.408. The molecule has 6 nitrogen and oxygen atoms in total. The largest absolute Gasteiger partial charge is 0.872 e. The fraction of sp³-hybridized carbons (Fsp3) is 0.0625. The minimum absolute atomic E-state index is 0.0551. The second kappa shape index (κ2) is 4.42. The molecule has 6 heteroatoms. The van der Waals surface area contributed by atoms with Crippen LogP contribution in [0.4, 0.5) is 0 Å². The number of hydrogen-bond donors (Lipinski definition) is 1. The molecule has 22 heavy (non-hydrogen) atoms. The van der Waals surface area contributed by atoms with Gasteiger partial charge in [0.15, 0.2) is 16.9 Å². The van der Waals surface area contributed by atoms with Crippen LogP contribution in [0.2, 0.25) is 0 Å². The zero-order valence-electron chi connectivity index (χ0n) is 11.2. The topological polar surface area (TPSA) is 92.0 Å². The Morgan fingerprint density at radius 3 is 2.77 bits per heavy atom. The van der Waals surface area contributed by atoms with E-state index in [2.05, 4.69) is 0 Å². The number of hydrogen-bond acceptors (Lipinski definition) is 6. The standard InChI is InChI=1S/C16H10O6/c17-9-4-11(18)15-14(5-9)20-6-10(16(15)19)8-1-2-12-13(3-8)22-7-21-12/h1-6,17-18H,7H2/p-1. The van der Waals surface area contributed by atoms with Gasteiger partial charge >= 0.3 is 0 Å². The number of rotatable bonds is 1. The Balaban J connectivity index is 1.96. The average molecular weight is 297 g/mol. The summed E-state index contributed by atoms with van der Waals surface area (Å²) in [7, 11) is 0. The first-order valence-corrected chi connectivity index (χ1v) is 6.49. The summed E-state index contributed by atoms with van der Waals surface area (Å²) in [6.07, 6.45) is 1.26. The fourth-order valence-corrected chi connectivity index (χ4v) is 2.47. The average Bonchev–Trinajstić information content (AvgIpc) is 2.94. The highest BCUT2D eigenvalue weighted by molar-refractivity contribution is 5.87. The number of fused-ring (bicyclic) bond motifs is 2. The van der Waals surface area contributed by atoms with E-state index < -0.39 is 11.2 Å². The van der Waals surface area contributed by atoms with Gasteiger partial charge in [0.1, 0.15) is 17.6 Å². The van der Waals surface area contributed by atoms with E-state index in [1.54, 1.807) is 18.2 Å². The van der Waals surface area contributed by atoms with Gasteiger partial charge in [-0.2, -0.15) is 0 Å². The first-order chi connectivity index (χ1) is 10.6. The van der Waals surface area contributed by atoms with Crippen molar-refractivity contribution in [1.82, 2.24) is 0 Å². The van der Waals surface area contributed by atoms with Crippen molar-refractivity contribution < 1.29 is 24.1 Å². The minimum Gasteiger partial charge on any atom is -0.872 e. The van der Waals surface area contributed by atoms with Crippen LogP contribution in [0.25, 0.3) is 22.1 Å². The number of phenols is 1. The van der Waals surface area contributed by atoms with Gasteiger partial charge in [-0.15, -0.1) is 0 Å². The SMILES string of the molecule is O=c1c(-c2ccc3c(c2)OCO3)coc2cc(O)cc([O-])c12. The lowest BCUT2D eigenvalue weighted by atomic mass is 10.0. The summed E-state index contributed by atoms with van der Waals surface area (Å²) in [5, 5.41) is 21.2. The predicted molar refractivity (Wildman–Crippen MR) is 75.2 cm³/mol. The first-order valence-electron chi connectivity index (χ1n) is 6.49. The molecule has 1 aliphatic heterocycles. The molecule has 1 aromatic heterocycles. The van der Waals surface area contributed by atoms with E-state index in [4.69, 9.17) is 13.9 Å². The van der Waals surface area contributed by atoms with E-state index in [0.717, 1.165) is 6.07 Å². The maximum Gasteiger partial charge on any atom is 0.231 e. The van der Waals surface area contributed by atoms with Gasteiger partial charge in [0, 0.05) is 6.07 Å². The maximum atomic E-state index is 12.5. The second-order valence-electron chi connectivity index (χ2n) is 4.86. The monoisotopic (exact) mass is 297 g/mol. The molecule has 2 aromatic carbocycles. The molecule has 1 aliphatic rings. The lowest BCUT2D eigenvalue weighted by Crippen LogP contribution is -2.07. The molecule has 0 unspecified atom stereocenters. The van der Waals surface area contributed by atoms with Crippen LogP contribution in [0.5, 0.6) is 23.0 Å². The number of ether oxygens (including phenoxy) is 2. The van der Waals surface area contributed by atoms with Crippen molar-refractivity contribution in [3.05, 3.63) is 46.8 Å². The van der Waals surface area contributed by atoms with E-state index in [9.17, 15) is 15.0 Å². The maximum absolute atomic E-state index is 12.5. The van der Waals surface area contributed by atoms with Crippen LogP contribution in [-0.2, 0) is 0 Å². The van der Waals surface area contributed by atoms with E-state index >= 15 is 0 Å². The number of aromatic hydroxyl groups is 1. The van der Waals surface area contributed by atoms with Crippen LogP contribution >= 0.6 is 0 Å². The quantitative estimate of drug-likeness (QED) is 0.738. The van der Waals surface area contributed by atoms with Gasteiger partial charge in [-0.3, -0.25) is 4.79 Å². The Morgan fingerprint density at radius 2 is 1.91 bits per heavy atom. The van der Waals surface area contributed by atoms with Crippen molar-refractivity contribution in [3.8, 4) is 34.1 Å². The third-order valence-electron chi connectivity index (χ3n) is 3.51. The summed E-state index contributed by atoms with van der Waals surface area (Å²) in [6, 6.07) is 7.27. The molecule has 0 fully saturated rings. The van der Waals surface area contributed by atoms with Gasteiger partial charge in [-0.25, -0.2) is 0 Å². The summed E-state index contributed by atoms with van der Waals surface area (Å²) in [6.45, 7) is 0.134. The van der Waals surface area contributed by atoms with Gasteiger partial charge < -0.3 is 24.1 Å². The van der Waals surface area contributed by atoms with Gasteiger partial charge in [-0.05, 0) is 23.8 Å². The molecule has 0 spiro atoms. The van der Waals surface area contributed by atoms with Crippen molar-refractivity contribution in [2.45, 2.75) is 0 Å². The number of phenolic OH excluding ortho intramolecular Hbond substituents is 1. The first kappa shape index (κ1) is 12.6. The molecule has 0 bridgehead atoms. The van der Waals surface area contributed by atoms with Gasteiger partial charge in [0.2, 0.25) is 6.79 Å². The summed E-state index contributed by atoms with van der Waals surface area (Å²) in [4.78, 5) is 12.5. The Hall–Kier alpha value is -3.15. The van der Waals surface area contributed by atoms with Crippen LogP contribution in [0.15, 0.2) is 45.8 Å². The van der Waals surface area contributed by atoms with E-state index in [-0.39, 0.29) is 29.1 Å². The molecular formula is C16H9O6-. The molecule has 0 saturated heterocycles. The minimum atomic E-state index is -0.577. The molecule has 1 N–H and O–H groups in total. The molecule has 0 radical (unpaired) electrons. The molecule has 0 atom stereocenters. The van der Waals surface area contributed by atoms with Crippen LogP contribution < -0.4 is 20.0 Å². The highest BCUT2D eigenvalue weighted by Crippen LogP contribution is 2.36. The normalized spacial score (nSPS) is 12.7. The third-order valence-corrected chi connectivity index (χ3v) is 3.51. The lowest BCUT2D eigenvalue weighted by molar-refractivity contribution is -0.266. The molecule has 0 saturated carbocycles. The van der Waals surface area contributed by atoms with Crippen molar-refractivity contribution in [2.75, 3.05) is 6.79 Å². The fourth-order valence-electron chi connectivity index (χ4n) is 2.47. The highest BCUT2D eigenvalue weighted by atomic mass is 16.7. The molecule has 110 valence electrons. The van der Waals surface area contributed by atoms with E-state index in [0.29, 0.717) is 17.1 Å². The Labute approximate surface area is 123 Å². The smallest absolute Gasteiger partial charge is 0.231 e. The Bertz CT molecular complexity index is 957. The van der Waals surface area contributed by atoms with Crippen LogP contribution in [-0.4, -0.2) is 11.9 Å². The van der Waals surface area contributed by atoms with Crippen molar-refractivity contribution in [1.29, 1.82) is 0 Å². The zero-order chi connectivity index (χ0) is 15.3. The van der Waals surface area contributed by atoms with E-state index in [1.165, 1.54) is 12.3 Å². The molecule has 2 heterocycles. The molecule has 4 rings (SSSR count). The Morgan fingerprint density at radius 1 is 1.09 bits per heavy atom. The highest BCUT2D eigenvalue weighted by Gasteiger charge is 2.16. The van der Waals surface area contributed by atoms with Crippen molar-refractivity contribution in [2.24, 2.45) is 0 Å². The Kier molecular flexibility index (Phi) is 2.53. The third kappa shape index (κ3) is 1.77. The molecular weight excluding hydrogens is 288 g/mol. The summed E-state index contributed by atoms with van der Waals surface area (Å²) >= 11 is 0. The van der Waals surface area contributed by atoms with Crippen LogP contribution in [0.3, 0.4) is 0 Å². The second-order valence-corrected chi connectivity index (χ2v) is 4.86. The van der Waals surface area contributed by atoms with Crippen LogP contribution in [0, 0.1) is 0 Å². The van der Waals surface area contributed by atoms with Crippen molar-refractivity contribution in [3.63, 3.8) is 0 Å². The van der Waals surface area contributed by atoms with Crippen molar-refractivity contribution >= 4 is 11.0 Å². The molecule has 0 amide bonds. The van der Waals surface area contributed by atoms with Gasteiger partial charge in [-0.1, -0.05) is 11.8 Å². The summed E-state index contributed by atoms with van der Waals surface area (Å²) < 4.78 is 15.8. The predicted octanol–water partition coefficient (Wildman–Crippen LogP) is 1.97. The van der Waals surface area contributed by atoms with Gasteiger partial charge in [0.25, 0.3) is 0 Å². The van der Waals surface area contributed by atoms with E-state index in [1.807, 2.05) is 0 Å². The van der Waals surface area contributed by atoms with Gasteiger partial charge in [0.05, 0.1) is 10.9 Å². The molecule has 0 aliphatic carbocycles.